The predicted molar refractivity (Wildman–Crippen MR) is 247 cm³/mol. The van der Waals surface area contributed by atoms with Gasteiger partial charge in [0.15, 0.2) is 6.10 Å². The SMILES string of the molecule is CCCCCCC/C=C\C/C=C\C/C=C\CCCCCCCCCCCCCCCCCCC(=O)OC(CO)COC(=O)CCCCCCCCCCCCCC. The van der Waals surface area contributed by atoms with Gasteiger partial charge in [-0.25, -0.2) is 0 Å². The molecule has 0 fully saturated rings. The molecule has 0 aromatic rings. The summed E-state index contributed by atoms with van der Waals surface area (Å²) in [6.07, 6.45) is 61.0. The van der Waals surface area contributed by atoms with Gasteiger partial charge in [-0.1, -0.05) is 237 Å². The molecule has 0 bridgehead atoms. The minimum atomic E-state index is -0.767. The number of aliphatic hydroxyl groups excluding tert-OH is 1. The van der Waals surface area contributed by atoms with Crippen LogP contribution < -0.4 is 0 Å². The molecular weight excluding hydrogens is 705 g/mol. The van der Waals surface area contributed by atoms with Crippen LogP contribution in [0.4, 0.5) is 0 Å². The van der Waals surface area contributed by atoms with E-state index in [1.807, 2.05) is 0 Å². The van der Waals surface area contributed by atoms with Crippen LogP contribution in [-0.4, -0.2) is 36.4 Å². The molecule has 0 amide bonds. The predicted octanol–water partition coefficient (Wildman–Crippen LogP) is 16.4. The van der Waals surface area contributed by atoms with Gasteiger partial charge in [-0.3, -0.25) is 9.59 Å². The van der Waals surface area contributed by atoms with E-state index in [1.54, 1.807) is 0 Å². The average molecular weight is 801 g/mol. The molecule has 0 rings (SSSR count). The molecule has 5 heteroatoms. The molecule has 0 radical (unpaired) electrons. The van der Waals surface area contributed by atoms with Gasteiger partial charge in [0.05, 0.1) is 6.61 Å². The highest BCUT2D eigenvalue weighted by Gasteiger charge is 2.16. The van der Waals surface area contributed by atoms with E-state index < -0.39 is 6.10 Å². The summed E-state index contributed by atoms with van der Waals surface area (Å²) in [6, 6.07) is 0. The Hall–Kier alpha value is -1.88. The maximum atomic E-state index is 12.2. The van der Waals surface area contributed by atoms with Gasteiger partial charge in [-0.15, -0.1) is 0 Å². The van der Waals surface area contributed by atoms with Crippen LogP contribution in [0.5, 0.6) is 0 Å². The summed E-state index contributed by atoms with van der Waals surface area (Å²) in [6.45, 7) is 4.14. The lowest BCUT2D eigenvalue weighted by Crippen LogP contribution is -2.28. The van der Waals surface area contributed by atoms with Crippen molar-refractivity contribution in [2.24, 2.45) is 0 Å². The Balaban J connectivity index is 3.44. The highest BCUT2D eigenvalue weighted by atomic mass is 16.6. The molecule has 0 aliphatic rings. The second kappa shape index (κ2) is 48.5. The third-order valence-electron chi connectivity index (χ3n) is 11.2. The van der Waals surface area contributed by atoms with E-state index in [9.17, 15) is 14.7 Å². The Morgan fingerprint density at radius 2 is 0.702 bits per heavy atom. The minimum absolute atomic E-state index is 0.0610. The number of ether oxygens (including phenoxy) is 2. The van der Waals surface area contributed by atoms with Crippen LogP contribution in [0, 0.1) is 0 Å². The van der Waals surface area contributed by atoms with Crippen molar-refractivity contribution in [1.82, 2.24) is 0 Å². The van der Waals surface area contributed by atoms with Crippen molar-refractivity contribution in [2.45, 2.75) is 270 Å². The Bertz CT molecular complexity index is 908. The van der Waals surface area contributed by atoms with Gasteiger partial charge in [0.25, 0.3) is 0 Å². The molecule has 0 saturated carbocycles. The summed E-state index contributed by atoms with van der Waals surface area (Å²) in [5, 5.41) is 9.59. The van der Waals surface area contributed by atoms with Crippen molar-refractivity contribution in [3.63, 3.8) is 0 Å². The number of unbranched alkanes of at least 4 members (excludes halogenated alkanes) is 32. The summed E-state index contributed by atoms with van der Waals surface area (Å²) in [7, 11) is 0. The second-order valence-electron chi connectivity index (χ2n) is 16.9. The largest absolute Gasteiger partial charge is 0.462 e. The standard InChI is InChI=1S/C52H96O5/c1-3-5-7-9-11-13-15-17-18-19-20-21-22-23-24-25-26-27-28-29-30-31-32-33-34-35-37-39-41-43-45-47-52(55)57-50(48-53)49-56-51(54)46-44-42-40-38-36-16-14-12-10-8-6-4-2/h15,17,19-20,22-23,50,53H,3-14,16,18,21,24-49H2,1-2H3/b17-15-,20-19-,23-22-. The fourth-order valence-corrected chi connectivity index (χ4v) is 7.39. The molecule has 1 unspecified atom stereocenters. The van der Waals surface area contributed by atoms with Crippen LogP contribution in [0.15, 0.2) is 36.5 Å². The van der Waals surface area contributed by atoms with Gasteiger partial charge in [-0.05, 0) is 51.4 Å². The molecule has 0 aliphatic heterocycles. The number of carbonyl (C=O) groups is 2. The average Bonchev–Trinajstić information content (AvgIpc) is 3.21. The van der Waals surface area contributed by atoms with Crippen LogP contribution in [0.3, 0.4) is 0 Å². The van der Waals surface area contributed by atoms with E-state index in [0.29, 0.717) is 12.8 Å². The number of allylic oxidation sites excluding steroid dienone is 6. The topological polar surface area (TPSA) is 72.8 Å². The lowest BCUT2D eigenvalue weighted by atomic mass is 10.0. The van der Waals surface area contributed by atoms with Gasteiger partial charge >= 0.3 is 11.9 Å². The van der Waals surface area contributed by atoms with Gasteiger partial charge in [0.1, 0.15) is 6.61 Å². The van der Waals surface area contributed by atoms with Gasteiger partial charge in [-0.2, -0.15) is 0 Å². The number of aliphatic hydroxyl groups is 1. The fraction of sp³-hybridized carbons (Fsp3) is 0.846. The molecule has 0 heterocycles. The van der Waals surface area contributed by atoms with E-state index in [4.69, 9.17) is 9.47 Å². The molecule has 334 valence electrons. The molecule has 0 aliphatic carbocycles. The molecule has 5 nitrogen and oxygen atoms in total. The fourth-order valence-electron chi connectivity index (χ4n) is 7.39. The third-order valence-corrected chi connectivity index (χ3v) is 11.2. The summed E-state index contributed by atoms with van der Waals surface area (Å²) in [5.74, 6) is -0.580. The van der Waals surface area contributed by atoms with Crippen LogP contribution in [-0.2, 0) is 19.1 Å². The zero-order valence-corrected chi connectivity index (χ0v) is 38.1. The van der Waals surface area contributed by atoms with Gasteiger partial charge < -0.3 is 14.6 Å². The number of hydrogen-bond acceptors (Lipinski definition) is 5. The molecule has 0 saturated heterocycles. The van der Waals surface area contributed by atoms with Crippen molar-refractivity contribution in [2.75, 3.05) is 13.2 Å². The van der Waals surface area contributed by atoms with Crippen LogP contribution in [0.1, 0.15) is 264 Å². The van der Waals surface area contributed by atoms with Gasteiger partial charge in [0, 0.05) is 12.8 Å². The first-order valence-electron chi connectivity index (χ1n) is 25.0. The molecule has 1 N–H and O–H groups in total. The van der Waals surface area contributed by atoms with E-state index in [-0.39, 0.29) is 25.2 Å². The van der Waals surface area contributed by atoms with Crippen molar-refractivity contribution in [3.8, 4) is 0 Å². The molecular formula is C52H96O5. The first kappa shape index (κ1) is 55.1. The van der Waals surface area contributed by atoms with E-state index in [2.05, 4.69) is 50.3 Å². The Morgan fingerprint density at radius 3 is 1.05 bits per heavy atom. The molecule has 57 heavy (non-hydrogen) atoms. The van der Waals surface area contributed by atoms with E-state index >= 15 is 0 Å². The molecule has 0 spiro atoms. The molecule has 0 aromatic heterocycles. The minimum Gasteiger partial charge on any atom is -0.462 e. The monoisotopic (exact) mass is 801 g/mol. The number of esters is 2. The van der Waals surface area contributed by atoms with E-state index in [0.717, 1.165) is 51.4 Å². The number of hydrogen-bond donors (Lipinski definition) is 1. The van der Waals surface area contributed by atoms with Crippen LogP contribution in [0.2, 0.25) is 0 Å². The van der Waals surface area contributed by atoms with Crippen molar-refractivity contribution in [3.05, 3.63) is 36.5 Å². The first-order valence-corrected chi connectivity index (χ1v) is 25.0. The van der Waals surface area contributed by atoms with Crippen LogP contribution in [0.25, 0.3) is 0 Å². The maximum absolute atomic E-state index is 12.2. The number of rotatable bonds is 46. The molecule has 1 atom stereocenters. The van der Waals surface area contributed by atoms with E-state index in [1.165, 1.54) is 186 Å². The Labute approximate surface area is 355 Å². The van der Waals surface area contributed by atoms with Crippen LogP contribution >= 0.6 is 0 Å². The lowest BCUT2D eigenvalue weighted by molar-refractivity contribution is -0.161. The Kier molecular flexibility index (Phi) is 46.9. The maximum Gasteiger partial charge on any atom is 0.306 e. The zero-order chi connectivity index (χ0) is 41.4. The summed E-state index contributed by atoms with van der Waals surface area (Å²) in [5.41, 5.74) is 0. The van der Waals surface area contributed by atoms with Crippen molar-refractivity contribution < 1.29 is 24.2 Å². The third kappa shape index (κ3) is 46.7. The lowest BCUT2D eigenvalue weighted by Gasteiger charge is -2.15. The summed E-state index contributed by atoms with van der Waals surface area (Å²) in [4.78, 5) is 24.3. The van der Waals surface area contributed by atoms with Crippen molar-refractivity contribution in [1.29, 1.82) is 0 Å². The second-order valence-corrected chi connectivity index (χ2v) is 16.9. The molecule has 0 aromatic carbocycles. The quantitative estimate of drug-likeness (QED) is 0.0377. The number of carbonyl (C=O) groups excluding carboxylic acids is 2. The normalized spacial score (nSPS) is 12.4. The first-order chi connectivity index (χ1) is 28.1. The summed E-state index contributed by atoms with van der Waals surface area (Å²) >= 11 is 0. The smallest absolute Gasteiger partial charge is 0.306 e. The zero-order valence-electron chi connectivity index (χ0n) is 38.1. The van der Waals surface area contributed by atoms with Gasteiger partial charge in [0.2, 0.25) is 0 Å². The Morgan fingerprint density at radius 1 is 0.404 bits per heavy atom. The highest BCUT2D eigenvalue weighted by molar-refractivity contribution is 5.70. The highest BCUT2D eigenvalue weighted by Crippen LogP contribution is 2.16. The summed E-state index contributed by atoms with van der Waals surface area (Å²) < 4.78 is 10.6. The van der Waals surface area contributed by atoms with Crippen molar-refractivity contribution >= 4 is 11.9 Å².